The van der Waals surface area contributed by atoms with Gasteiger partial charge in [0, 0.05) is 11.3 Å². The van der Waals surface area contributed by atoms with Crippen molar-refractivity contribution >= 4 is 18.6 Å². The molecule has 0 aliphatic carbocycles. The third-order valence-electron chi connectivity index (χ3n) is 2.22. The molecule has 0 unspecified atom stereocenters. The second-order valence-corrected chi connectivity index (χ2v) is 3.21. The summed E-state index contributed by atoms with van der Waals surface area (Å²) in [7, 11) is 1.70. The average Bonchev–Trinajstić information content (AvgIpc) is 2.16. The zero-order valence-corrected chi connectivity index (χ0v) is 7.87. The van der Waals surface area contributed by atoms with Crippen LogP contribution in [0.3, 0.4) is 0 Å². The number of anilines is 1. The van der Waals surface area contributed by atoms with Gasteiger partial charge in [0.15, 0.2) is 0 Å². The highest BCUT2D eigenvalue weighted by Crippen LogP contribution is 2.30. The van der Waals surface area contributed by atoms with Gasteiger partial charge in [0.25, 0.3) is 6.85 Å². The summed E-state index contributed by atoms with van der Waals surface area (Å²) in [4.78, 5) is 0. The predicted octanol–water partition coefficient (Wildman–Crippen LogP) is 2.29. The summed E-state index contributed by atoms with van der Waals surface area (Å²) in [5.74, 6) is 3.05. The lowest BCUT2D eigenvalue weighted by Crippen LogP contribution is -2.21. The van der Waals surface area contributed by atoms with Gasteiger partial charge in [0.05, 0.1) is 7.11 Å². The molecule has 0 fully saturated rings. The van der Waals surface area contributed by atoms with E-state index in [0.717, 1.165) is 17.0 Å². The Bertz CT molecular complexity index is 349. The van der Waals surface area contributed by atoms with Crippen molar-refractivity contribution in [2.75, 3.05) is 12.3 Å². The Kier molecular flexibility index (Phi) is 2.01. The average molecular weight is 173 g/mol. The molecule has 1 aromatic carbocycles. The van der Waals surface area contributed by atoms with Crippen molar-refractivity contribution in [1.82, 2.24) is 0 Å². The molecule has 1 aliphatic rings. The van der Waals surface area contributed by atoms with E-state index in [9.17, 15) is 0 Å². The molecule has 0 saturated heterocycles. The molecule has 2 rings (SSSR count). The Labute approximate surface area is 78.7 Å². The molecule has 1 heterocycles. The Morgan fingerprint density at radius 2 is 2.23 bits per heavy atom. The summed E-state index contributed by atoms with van der Waals surface area (Å²) in [5, 5.41) is 3.37. The number of ether oxygens (including phenoxy) is 1. The van der Waals surface area contributed by atoms with Gasteiger partial charge >= 0.3 is 0 Å². The van der Waals surface area contributed by atoms with Crippen LogP contribution in [0.15, 0.2) is 24.2 Å². The Balaban J connectivity index is 2.49. The smallest absolute Gasteiger partial charge is 0.275 e. The molecule has 0 atom stereocenters. The fourth-order valence-electron chi connectivity index (χ4n) is 1.55. The van der Waals surface area contributed by atoms with Gasteiger partial charge in [-0.05, 0) is 12.1 Å². The van der Waals surface area contributed by atoms with Gasteiger partial charge < -0.3 is 9.96 Å². The van der Waals surface area contributed by atoms with Crippen LogP contribution in [0.4, 0.5) is 5.69 Å². The van der Waals surface area contributed by atoms with Crippen LogP contribution in [-0.4, -0.2) is 14.0 Å². The molecule has 0 radical (unpaired) electrons. The van der Waals surface area contributed by atoms with E-state index in [0.29, 0.717) is 6.85 Å². The maximum atomic E-state index is 5.26. The van der Waals surface area contributed by atoms with Gasteiger partial charge in [-0.25, -0.2) is 0 Å². The lowest BCUT2D eigenvalue weighted by Gasteiger charge is -2.18. The Morgan fingerprint density at radius 1 is 1.38 bits per heavy atom. The first-order chi connectivity index (χ1) is 6.31. The van der Waals surface area contributed by atoms with Crippen LogP contribution in [-0.2, 0) is 0 Å². The molecule has 66 valence electrons. The van der Waals surface area contributed by atoms with Gasteiger partial charge in [0.1, 0.15) is 5.75 Å². The van der Waals surface area contributed by atoms with Crippen molar-refractivity contribution in [3.05, 3.63) is 29.7 Å². The topological polar surface area (TPSA) is 21.3 Å². The normalized spacial score (nSPS) is 13.5. The summed E-state index contributed by atoms with van der Waals surface area (Å²) in [6, 6.07) is 6.04. The number of nitrogens with one attached hydrogen (secondary N) is 1. The van der Waals surface area contributed by atoms with E-state index in [1.807, 2.05) is 12.1 Å². The molecular formula is C10H12BNO. The molecule has 0 aromatic heterocycles. The largest absolute Gasteiger partial charge is 0.496 e. The molecule has 1 aliphatic heterocycles. The van der Waals surface area contributed by atoms with Gasteiger partial charge in [-0.2, -0.15) is 0 Å². The van der Waals surface area contributed by atoms with E-state index < -0.39 is 0 Å². The number of fused-ring (bicyclic) bond motifs is 1. The summed E-state index contributed by atoms with van der Waals surface area (Å²) in [5.41, 5.74) is 2.29. The SMILES string of the molecule is COc1cccc2c1C=CB(C)N2. The minimum atomic E-state index is 0.402. The molecule has 0 bridgehead atoms. The number of rotatable bonds is 1. The summed E-state index contributed by atoms with van der Waals surface area (Å²) in [6.45, 7) is 2.53. The highest BCUT2D eigenvalue weighted by atomic mass is 16.5. The van der Waals surface area contributed by atoms with Crippen LogP contribution in [0.2, 0.25) is 6.82 Å². The summed E-state index contributed by atoms with van der Waals surface area (Å²) >= 11 is 0. The van der Waals surface area contributed by atoms with Gasteiger partial charge in [-0.3, -0.25) is 0 Å². The van der Waals surface area contributed by atoms with Crippen LogP contribution >= 0.6 is 0 Å². The third-order valence-corrected chi connectivity index (χ3v) is 2.22. The predicted molar refractivity (Wildman–Crippen MR) is 57.3 cm³/mol. The second kappa shape index (κ2) is 3.17. The Morgan fingerprint density at radius 3 is 3.00 bits per heavy atom. The van der Waals surface area contributed by atoms with Crippen LogP contribution in [0.25, 0.3) is 6.08 Å². The number of hydrogen-bond donors (Lipinski definition) is 1. The molecular weight excluding hydrogens is 161 g/mol. The first-order valence-electron chi connectivity index (χ1n) is 4.43. The quantitative estimate of drug-likeness (QED) is 0.657. The van der Waals surface area contributed by atoms with Gasteiger partial charge in [-0.15, -0.1) is 0 Å². The molecule has 0 spiro atoms. The van der Waals surface area contributed by atoms with Crippen molar-refractivity contribution in [2.24, 2.45) is 0 Å². The summed E-state index contributed by atoms with van der Waals surface area (Å²) < 4.78 is 5.26. The maximum Gasteiger partial charge on any atom is 0.275 e. The van der Waals surface area contributed by atoms with E-state index in [-0.39, 0.29) is 0 Å². The molecule has 3 heteroatoms. The zero-order valence-electron chi connectivity index (χ0n) is 7.87. The monoisotopic (exact) mass is 173 g/mol. The number of benzene rings is 1. The molecule has 0 amide bonds. The second-order valence-electron chi connectivity index (χ2n) is 3.21. The van der Waals surface area contributed by atoms with E-state index in [1.54, 1.807) is 7.11 Å². The van der Waals surface area contributed by atoms with Crippen LogP contribution < -0.4 is 9.96 Å². The van der Waals surface area contributed by atoms with Gasteiger partial charge in [-0.1, -0.05) is 24.9 Å². The molecule has 13 heavy (non-hydrogen) atoms. The lowest BCUT2D eigenvalue weighted by molar-refractivity contribution is 0.414. The van der Waals surface area contributed by atoms with Crippen LogP contribution in [0, 0.1) is 0 Å². The first-order valence-corrected chi connectivity index (χ1v) is 4.43. The first kappa shape index (κ1) is 8.23. The third kappa shape index (κ3) is 1.42. The molecule has 1 aromatic rings. The molecule has 2 nitrogen and oxygen atoms in total. The van der Waals surface area contributed by atoms with Crippen molar-refractivity contribution in [1.29, 1.82) is 0 Å². The maximum absolute atomic E-state index is 5.26. The fraction of sp³-hybridized carbons (Fsp3) is 0.200. The zero-order chi connectivity index (χ0) is 9.26. The van der Waals surface area contributed by atoms with E-state index in [2.05, 4.69) is 30.2 Å². The highest BCUT2D eigenvalue weighted by Gasteiger charge is 2.13. The minimum Gasteiger partial charge on any atom is -0.496 e. The number of hydrogen-bond acceptors (Lipinski definition) is 2. The fourth-order valence-corrected chi connectivity index (χ4v) is 1.55. The van der Waals surface area contributed by atoms with Gasteiger partial charge in [0.2, 0.25) is 0 Å². The van der Waals surface area contributed by atoms with Crippen molar-refractivity contribution in [2.45, 2.75) is 6.82 Å². The van der Waals surface area contributed by atoms with Crippen molar-refractivity contribution < 1.29 is 4.74 Å². The van der Waals surface area contributed by atoms with E-state index >= 15 is 0 Å². The van der Waals surface area contributed by atoms with E-state index in [1.165, 1.54) is 0 Å². The van der Waals surface area contributed by atoms with E-state index in [4.69, 9.17) is 4.74 Å². The summed E-state index contributed by atoms with van der Waals surface area (Å²) in [6.07, 6.45) is 2.11. The van der Waals surface area contributed by atoms with Crippen molar-refractivity contribution in [3.63, 3.8) is 0 Å². The minimum absolute atomic E-state index is 0.402. The van der Waals surface area contributed by atoms with Crippen LogP contribution in [0.5, 0.6) is 5.75 Å². The van der Waals surface area contributed by atoms with Crippen molar-refractivity contribution in [3.8, 4) is 5.75 Å². The lowest BCUT2D eigenvalue weighted by atomic mass is 9.63. The Hall–Kier alpha value is -1.38. The molecule has 1 N–H and O–H groups in total. The van der Waals surface area contributed by atoms with Crippen LogP contribution in [0.1, 0.15) is 5.56 Å². The highest BCUT2D eigenvalue weighted by molar-refractivity contribution is 6.67. The number of methoxy groups -OCH3 is 1. The standard InChI is InChI=1S/C10H12BNO/c1-11-7-6-8-9(12-11)4-3-5-10(8)13-2/h3-7,12H,1-2H3. The molecule has 0 saturated carbocycles.